The van der Waals surface area contributed by atoms with Crippen molar-refractivity contribution in [1.29, 1.82) is 0 Å². The Balaban J connectivity index is 2.39. The maximum Gasteiger partial charge on any atom is -0.0354 e. The highest BCUT2D eigenvalue weighted by atomic mass is 14.4. The molecule has 10 heavy (non-hydrogen) atoms. The monoisotopic (exact) mass is 140 g/mol. The van der Waals surface area contributed by atoms with Crippen LogP contribution >= 0.6 is 0 Å². The molecule has 0 radical (unpaired) electrons. The van der Waals surface area contributed by atoms with Crippen LogP contribution in [0.15, 0.2) is 0 Å². The van der Waals surface area contributed by atoms with Crippen molar-refractivity contribution in [3.8, 4) is 0 Å². The highest BCUT2D eigenvalue weighted by Crippen LogP contribution is 2.41. The molecule has 0 amide bonds. The fraction of sp³-hybridized carbons (Fsp3) is 1.00. The van der Waals surface area contributed by atoms with E-state index < -0.39 is 0 Å². The Bertz CT molecular complexity index is 104. The summed E-state index contributed by atoms with van der Waals surface area (Å²) in [5.41, 5.74) is 0.533. The molecule has 1 atom stereocenters. The van der Waals surface area contributed by atoms with Crippen molar-refractivity contribution in [2.75, 3.05) is 0 Å². The molecule has 0 aromatic rings. The quantitative estimate of drug-likeness (QED) is 0.523. The molecule has 0 aliphatic heterocycles. The van der Waals surface area contributed by atoms with Crippen LogP contribution in [0.5, 0.6) is 0 Å². The molecule has 0 heterocycles. The first-order chi connectivity index (χ1) is 4.52. The average molecular weight is 140 g/mol. The van der Waals surface area contributed by atoms with Crippen molar-refractivity contribution < 1.29 is 0 Å². The van der Waals surface area contributed by atoms with Crippen molar-refractivity contribution in [2.45, 2.75) is 47.0 Å². The number of hydrogen-bond donors (Lipinski definition) is 0. The lowest BCUT2D eigenvalue weighted by molar-refractivity contribution is 0.113. The lowest BCUT2D eigenvalue weighted by Crippen LogP contribution is -2.29. The lowest BCUT2D eigenvalue weighted by atomic mass is 9.66. The van der Waals surface area contributed by atoms with Gasteiger partial charge in [-0.05, 0) is 17.3 Å². The SMILES string of the molecule is C[C@H](C1CCC1)C(C)(C)C. The van der Waals surface area contributed by atoms with Gasteiger partial charge in [-0.25, -0.2) is 0 Å². The Morgan fingerprint density at radius 2 is 1.70 bits per heavy atom. The molecule has 0 aromatic carbocycles. The summed E-state index contributed by atoms with van der Waals surface area (Å²) in [6, 6.07) is 0. The van der Waals surface area contributed by atoms with Crippen LogP contribution in [0.25, 0.3) is 0 Å². The first-order valence-electron chi connectivity index (χ1n) is 4.52. The minimum absolute atomic E-state index is 0.533. The van der Waals surface area contributed by atoms with Crippen LogP contribution in [-0.2, 0) is 0 Å². The topological polar surface area (TPSA) is 0 Å². The van der Waals surface area contributed by atoms with E-state index in [9.17, 15) is 0 Å². The summed E-state index contributed by atoms with van der Waals surface area (Å²) in [6.07, 6.45) is 4.45. The van der Waals surface area contributed by atoms with Gasteiger partial charge in [0.05, 0.1) is 0 Å². The third-order valence-electron chi connectivity index (χ3n) is 3.22. The van der Waals surface area contributed by atoms with Gasteiger partial charge in [0.25, 0.3) is 0 Å². The normalized spacial score (nSPS) is 24.0. The van der Waals surface area contributed by atoms with Crippen LogP contribution in [0.3, 0.4) is 0 Å². The van der Waals surface area contributed by atoms with Crippen molar-refractivity contribution in [3.63, 3.8) is 0 Å². The summed E-state index contributed by atoms with van der Waals surface area (Å²) in [4.78, 5) is 0. The van der Waals surface area contributed by atoms with Gasteiger partial charge in [0.2, 0.25) is 0 Å². The summed E-state index contributed by atoms with van der Waals surface area (Å²) in [5.74, 6) is 1.96. The van der Waals surface area contributed by atoms with Gasteiger partial charge in [0, 0.05) is 0 Å². The Labute approximate surface area is 65.0 Å². The van der Waals surface area contributed by atoms with E-state index in [1.807, 2.05) is 0 Å². The zero-order valence-electron chi connectivity index (χ0n) is 7.78. The maximum atomic E-state index is 2.41. The van der Waals surface area contributed by atoms with Crippen molar-refractivity contribution in [3.05, 3.63) is 0 Å². The predicted octanol–water partition coefficient (Wildman–Crippen LogP) is 3.47. The maximum absolute atomic E-state index is 2.41. The molecule has 1 saturated carbocycles. The molecular weight excluding hydrogens is 120 g/mol. The van der Waals surface area contributed by atoms with Gasteiger partial charge in [-0.3, -0.25) is 0 Å². The molecule has 0 bridgehead atoms. The van der Waals surface area contributed by atoms with E-state index in [0.717, 1.165) is 11.8 Å². The first kappa shape index (κ1) is 8.10. The predicted molar refractivity (Wildman–Crippen MR) is 46.0 cm³/mol. The van der Waals surface area contributed by atoms with Crippen LogP contribution in [0.2, 0.25) is 0 Å². The highest BCUT2D eigenvalue weighted by Gasteiger charge is 2.31. The van der Waals surface area contributed by atoms with Crippen molar-refractivity contribution >= 4 is 0 Å². The molecule has 1 fully saturated rings. The van der Waals surface area contributed by atoms with Gasteiger partial charge >= 0.3 is 0 Å². The fourth-order valence-electron chi connectivity index (χ4n) is 1.65. The Morgan fingerprint density at radius 3 is 1.80 bits per heavy atom. The van der Waals surface area contributed by atoms with E-state index in [4.69, 9.17) is 0 Å². The van der Waals surface area contributed by atoms with Gasteiger partial charge in [0.15, 0.2) is 0 Å². The van der Waals surface area contributed by atoms with Gasteiger partial charge in [-0.1, -0.05) is 47.0 Å². The largest absolute Gasteiger partial charge is 0.0617 e. The standard InChI is InChI=1S/C10H20/c1-8(10(2,3)4)9-6-5-7-9/h8-9H,5-7H2,1-4H3/t8-/m1/s1. The molecular formula is C10H20. The van der Waals surface area contributed by atoms with Crippen LogP contribution in [0, 0.1) is 17.3 Å². The Kier molecular flexibility index (Phi) is 2.07. The third kappa shape index (κ3) is 1.53. The van der Waals surface area contributed by atoms with Crippen molar-refractivity contribution in [2.24, 2.45) is 17.3 Å². The smallest absolute Gasteiger partial charge is 0.0354 e. The zero-order valence-corrected chi connectivity index (χ0v) is 7.78. The van der Waals surface area contributed by atoms with E-state index in [2.05, 4.69) is 27.7 Å². The van der Waals surface area contributed by atoms with Gasteiger partial charge in [-0.2, -0.15) is 0 Å². The Hall–Kier alpha value is 0. The summed E-state index contributed by atoms with van der Waals surface area (Å²) >= 11 is 0. The van der Waals surface area contributed by atoms with Gasteiger partial charge in [-0.15, -0.1) is 0 Å². The molecule has 1 aliphatic carbocycles. The van der Waals surface area contributed by atoms with E-state index in [1.54, 1.807) is 0 Å². The molecule has 1 aliphatic rings. The van der Waals surface area contributed by atoms with Gasteiger partial charge in [0.1, 0.15) is 0 Å². The lowest BCUT2D eigenvalue weighted by Gasteiger charge is -2.39. The van der Waals surface area contributed by atoms with Crippen molar-refractivity contribution in [1.82, 2.24) is 0 Å². The van der Waals surface area contributed by atoms with E-state index in [1.165, 1.54) is 19.3 Å². The second kappa shape index (κ2) is 2.56. The van der Waals surface area contributed by atoms with Crippen LogP contribution in [0.1, 0.15) is 47.0 Å². The summed E-state index contributed by atoms with van der Waals surface area (Å²) in [6.45, 7) is 9.48. The molecule has 1 rings (SSSR count). The van der Waals surface area contributed by atoms with E-state index in [0.29, 0.717) is 5.41 Å². The summed E-state index contributed by atoms with van der Waals surface area (Å²) in [7, 11) is 0. The number of hydrogen-bond acceptors (Lipinski definition) is 0. The fourth-order valence-corrected chi connectivity index (χ4v) is 1.65. The minimum Gasteiger partial charge on any atom is -0.0617 e. The van der Waals surface area contributed by atoms with E-state index in [-0.39, 0.29) is 0 Å². The summed E-state index contributed by atoms with van der Waals surface area (Å²) in [5, 5.41) is 0. The minimum atomic E-state index is 0.533. The van der Waals surface area contributed by atoms with Crippen LogP contribution in [0.4, 0.5) is 0 Å². The molecule has 0 heteroatoms. The molecule has 0 saturated heterocycles. The average Bonchev–Trinajstić information content (AvgIpc) is 1.57. The van der Waals surface area contributed by atoms with Crippen LogP contribution < -0.4 is 0 Å². The third-order valence-corrected chi connectivity index (χ3v) is 3.22. The summed E-state index contributed by atoms with van der Waals surface area (Å²) < 4.78 is 0. The first-order valence-corrected chi connectivity index (χ1v) is 4.52. The molecule has 60 valence electrons. The molecule has 0 aromatic heterocycles. The van der Waals surface area contributed by atoms with E-state index >= 15 is 0 Å². The van der Waals surface area contributed by atoms with Gasteiger partial charge < -0.3 is 0 Å². The number of rotatable bonds is 1. The molecule has 0 nitrogen and oxygen atoms in total. The van der Waals surface area contributed by atoms with Crippen LogP contribution in [-0.4, -0.2) is 0 Å². The molecule has 0 N–H and O–H groups in total. The molecule has 0 unspecified atom stereocenters. The molecule has 0 spiro atoms. The zero-order chi connectivity index (χ0) is 7.78. The Morgan fingerprint density at radius 1 is 1.20 bits per heavy atom. The highest BCUT2D eigenvalue weighted by molar-refractivity contribution is 4.81. The second-order valence-corrected chi connectivity index (χ2v) is 4.85. The second-order valence-electron chi connectivity index (χ2n) is 4.85.